The Kier molecular flexibility index (Phi) is 6.11. The van der Waals surface area contributed by atoms with Crippen molar-refractivity contribution in [3.8, 4) is 5.69 Å². The van der Waals surface area contributed by atoms with Crippen molar-refractivity contribution < 1.29 is 9.53 Å². The summed E-state index contributed by atoms with van der Waals surface area (Å²) in [7, 11) is 1.28. The SMILES string of the molecule is CCc1ccccc1CNc1cnn(-c2ccccc2C(=O)OC)c(=O)c1Cl. The molecule has 3 aromatic rings. The van der Waals surface area contributed by atoms with Gasteiger partial charge >= 0.3 is 5.97 Å². The highest BCUT2D eigenvalue weighted by molar-refractivity contribution is 6.32. The van der Waals surface area contributed by atoms with Crippen molar-refractivity contribution in [2.24, 2.45) is 0 Å². The number of esters is 1. The highest BCUT2D eigenvalue weighted by atomic mass is 35.5. The van der Waals surface area contributed by atoms with Crippen LogP contribution in [0.4, 0.5) is 5.69 Å². The molecule has 7 heteroatoms. The molecule has 0 saturated carbocycles. The van der Waals surface area contributed by atoms with Gasteiger partial charge in [0, 0.05) is 6.54 Å². The summed E-state index contributed by atoms with van der Waals surface area (Å²) in [5.74, 6) is -0.557. The summed E-state index contributed by atoms with van der Waals surface area (Å²) in [6.07, 6.45) is 2.39. The lowest BCUT2D eigenvalue weighted by Crippen LogP contribution is -2.24. The predicted octanol–water partition coefficient (Wildman–Crippen LogP) is 3.85. The summed E-state index contributed by atoms with van der Waals surface area (Å²) >= 11 is 6.30. The zero-order chi connectivity index (χ0) is 20.1. The van der Waals surface area contributed by atoms with Crippen LogP contribution in [0.5, 0.6) is 0 Å². The zero-order valence-electron chi connectivity index (χ0n) is 15.6. The molecule has 144 valence electrons. The van der Waals surface area contributed by atoms with E-state index in [1.165, 1.54) is 18.9 Å². The van der Waals surface area contributed by atoms with Crippen LogP contribution in [0.1, 0.15) is 28.4 Å². The summed E-state index contributed by atoms with van der Waals surface area (Å²) in [5, 5.41) is 7.37. The van der Waals surface area contributed by atoms with Crippen LogP contribution in [0.15, 0.2) is 59.5 Å². The van der Waals surface area contributed by atoms with Crippen LogP contribution in [0.25, 0.3) is 5.69 Å². The normalized spacial score (nSPS) is 10.5. The van der Waals surface area contributed by atoms with Crippen molar-refractivity contribution in [1.82, 2.24) is 9.78 Å². The van der Waals surface area contributed by atoms with Gasteiger partial charge in [-0.2, -0.15) is 9.78 Å². The van der Waals surface area contributed by atoms with Crippen molar-refractivity contribution in [2.45, 2.75) is 19.9 Å². The molecule has 1 heterocycles. The molecule has 2 aromatic carbocycles. The van der Waals surface area contributed by atoms with E-state index in [1.54, 1.807) is 24.3 Å². The molecule has 0 bridgehead atoms. The third-order valence-corrected chi connectivity index (χ3v) is 4.79. The van der Waals surface area contributed by atoms with Gasteiger partial charge in [0.15, 0.2) is 0 Å². The molecular weight excluding hydrogens is 378 g/mol. The Morgan fingerprint density at radius 3 is 2.54 bits per heavy atom. The number of nitrogens with one attached hydrogen (secondary N) is 1. The van der Waals surface area contributed by atoms with E-state index in [2.05, 4.69) is 23.4 Å². The van der Waals surface area contributed by atoms with Crippen LogP contribution in [-0.4, -0.2) is 22.9 Å². The molecule has 0 amide bonds. The maximum Gasteiger partial charge on any atom is 0.340 e. The van der Waals surface area contributed by atoms with E-state index in [1.807, 2.05) is 18.2 Å². The molecule has 0 aliphatic heterocycles. The van der Waals surface area contributed by atoms with Gasteiger partial charge in [0.05, 0.1) is 30.2 Å². The standard InChI is InChI=1S/C21H20ClN3O3/c1-3-14-8-4-5-9-15(14)12-23-17-13-24-25(20(26)19(17)22)18-11-7-6-10-16(18)21(27)28-2/h4-11,13,23H,3,12H2,1-2H3. The summed E-state index contributed by atoms with van der Waals surface area (Å²) < 4.78 is 5.87. The molecule has 0 radical (unpaired) electrons. The number of rotatable bonds is 6. The number of aromatic nitrogens is 2. The Balaban J connectivity index is 1.93. The Morgan fingerprint density at radius 1 is 1.14 bits per heavy atom. The fraction of sp³-hybridized carbons (Fsp3) is 0.190. The molecule has 1 N–H and O–H groups in total. The number of nitrogens with zero attached hydrogens (tertiary/aromatic N) is 2. The molecule has 0 aliphatic carbocycles. The lowest BCUT2D eigenvalue weighted by Gasteiger charge is -2.13. The van der Waals surface area contributed by atoms with E-state index in [0.717, 1.165) is 16.7 Å². The molecule has 3 rings (SSSR count). The Labute approximate surface area is 167 Å². The summed E-state index contributed by atoms with van der Waals surface area (Å²) in [6, 6.07) is 14.6. The second-order valence-electron chi connectivity index (χ2n) is 6.07. The number of halogens is 1. The van der Waals surface area contributed by atoms with Crippen molar-refractivity contribution in [1.29, 1.82) is 0 Å². The van der Waals surface area contributed by atoms with E-state index in [-0.39, 0.29) is 10.6 Å². The number of benzene rings is 2. The molecule has 0 aliphatic rings. The fourth-order valence-corrected chi connectivity index (χ4v) is 3.13. The first-order valence-corrected chi connectivity index (χ1v) is 9.20. The number of carbonyl (C=O) groups excluding carboxylic acids is 1. The van der Waals surface area contributed by atoms with Gasteiger partial charge < -0.3 is 10.1 Å². The van der Waals surface area contributed by atoms with Gasteiger partial charge in [-0.1, -0.05) is 54.9 Å². The Bertz CT molecular complexity index is 1060. The lowest BCUT2D eigenvalue weighted by atomic mass is 10.1. The number of aryl methyl sites for hydroxylation is 1. The van der Waals surface area contributed by atoms with Crippen LogP contribution in [-0.2, 0) is 17.7 Å². The van der Waals surface area contributed by atoms with Crippen LogP contribution < -0.4 is 10.9 Å². The van der Waals surface area contributed by atoms with E-state index in [0.29, 0.717) is 17.9 Å². The predicted molar refractivity (Wildman–Crippen MR) is 109 cm³/mol. The molecule has 0 spiro atoms. The largest absolute Gasteiger partial charge is 0.465 e. The third kappa shape index (κ3) is 3.92. The minimum atomic E-state index is -0.557. The highest BCUT2D eigenvalue weighted by Crippen LogP contribution is 2.20. The quantitative estimate of drug-likeness (QED) is 0.639. The molecule has 6 nitrogen and oxygen atoms in total. The summed E-state index contributed by atoms with van der Waals surface area (Å²) in [5.41, 5.74) is 2.80. The minimum absolute atomic E-state index is 0.00338. The summed E-state index contributed by atoms with van der Waals surface area (Å²) in [6.45, 7) is 2.61. The number of carbonyl (C=O) groups is 1. The Morgan fingerprint density at radius 2 is 1.82 bits per heavy atom. The van der Waals surface area contributed by atoms with Crippen molar-refractivity contribution in [3.63, 3.8) is 0 Å². The molecule has 0 saturated heterocycles. The van der Waals surface area contributed by atoms with Crippen molar-refractivity contribution in [3.05, 3.63) is 86.8 Å². The third-order valence-electron chi connectivity index (χ3n) is 4.43. The maximum absolute atomic E-state index is 12.8. The van der Waals surface area contributed by atoms with E-state index in [4.69, 9.17) is 16.3 Å². The topological polar surface area (TPSA) is 73.2 Å². The monoisotopic (exact) mass is 397 g/mol. The van der Waals surface area contributed by atoms with Gasteiger partial charge in [-0.25, -0.2) is 4.79 Å². The zero-order valence-corrected chi connectivity index (χ0v) is 16.4. The first-order chi connectivity index (χ1) is 13.6. The smallest absolute Gasteiger partial charge is 0.340 e. The van der Waals surface area contributed by atoms with E-state index in [9.17, 15) is 9.59 Å². The van der Waals surface area contributed by atoms with E-state index >= 15 is 0 Å². The second kappa shape index (κ2) is 8.71. The number of methoxy groups -OCH3 is 1. The van der Waals surface area contributed by atoms with Gasteiger partial charge in [0.2, 0.25) is 0 Å². The fourth-order valence-electron chi connectivity index (χ4n) is 2.93. The summed E-state index contributed by atoms with van der Waals surface area (Å²) in [4.78, 5) is 24.7. The minimum Gasteiger partial charge on any atom is -0.465 e. The van der Waals surface area contributed by atoms with Crippen molar-refractivity contribution >= 4 is 23.3 Å². The molecule has 0 atom stereocenters. The average molecular weight is 398 g/mol. The Hall–Kier alpha value is -3.12. The van der Waals surface area contributed by atoms with Gasteiger partial charge in [0.1, 0.15) is 5.02 Å². The molecule has 0 fully saturated rings. The molecular formula is C21H20ClN3O3. The second-order valence-corrected chi connectivity index (χ2v) is 6.45. The number of para-hydroxylation sites is 1. The highest BCUT2D eigenvalue weighted by Gasteiger charge is 2.17. The van der Waals surface area contributed by atoms with Crippen molar-refractivity contribution in [2.75, 3.05) is 12.4 Å². The van der Waals surface area contributed by atoms with Gasteiger partial charge in [-0.3, -0.25) is 4.79 Å². The van der Waals surface area contributed by atoms with Gasteiger partial charge in [-0.15, -0.1) is 0 Å². The average Bonchev–Trinajstić information content (AvgIpc) is 2.74. The van der Waals surface area contributed by atoms with Crippen LogP contribution in [0.2, 0.25) is 5.02 Å². The van der Waals surface area contributed by atoms with Crippen LogP contribution in [0.3, 0.4) is 0 Å². The number of hydrogen-bond acceptors (Lipinski definition) is 5. The maximum atomic E-state index is 12.8. The van der Waals surface area contributed by atoms with Crippen LogP contribution >= 0.6 is 11.6 Å². The van der Waals surface area contributed by atoms with E-state index < -0.39 is 11.5 Å². The van der Waals surface area contributed by atoms with Crippen LogP contribution in [0, 0.1) is 0 Å². The first kappa shape index (κ1) is 19.6. The van der Waals surface area contributed by atoms with Gasteiger partial charge in [-0.05, 0) is 29.7 Å². The molecule has 28 heavy (non-hydrogen) atoms. The number of hydrogen-bond donors (Lipinski definition) is 1. The number of ether oxygens (including phenoxy) is 1. The molecule has 1 aromatic heterocycles. The van der Waals surface area contributed by atoms with Gasteiger partial charge in [0.25, 0.3) is 5.56 Å². The lowest BCUT2D eigenvalue weighted by molar-refractivity contribution is 0.0600. The first-order valence-electron chi connectivity index (χ1n) is 8.83. The number of anilines is 1. The molecule has 0 unspecified atom stereocenters.